The number of ether oxygens (including phenoxy) is 1. The molecule has 0 aliphatic heterocycles. The van der Waals surface area contributed by atoms with Crippen molar-refractivity contribution in [3.05, 3.63) is 40.4 Å². The minimum absolute atomic E-state index is 0.0486. The van der Waals surface area contributed by atoms with E-state index in [1.807, 2.05) is 10.7 Å². The Morgan fingerprint density at radius 3 is 2.75 bits per heavy atom. The number of aliphatic hydroxyl groups excluding tert-OH is 1. The van der Waals surface area contributed by atoms with E-state index in [1.165, 1.54) is 10.6 Å². The van der Waals surface area contributed by atoms with Crippen LogP contribution in [0.5, 0.6) is 0 Å². The van der Waals surface area contributed by atoms with Crippen LogP contribution < -0.4 is 10.9 Å². The van der Waals surface area contributed by atoms with Crippen LogP contribution in [-0.4, -0.2) is 40.2 Å². The summed E-state index contributed by atoms with van der Waals surface area (Å²) in [5.41, 5.74) is 1.86. The molecule has 1 saturated carbocycles. The first-order valence-electron chi connectivity index (χ1n) is 9.98. The Morgan fingerprint density at radius 1 is 1.32 bits per heavy atom. The lowest BCUT2D eigenvalue weighted by atomic mass is 10.0. The first-order chi connectivity index (χ1) is 13.2. The van der Waals surface area contributed by atoms with E-state index < -0.39 is 8.07 Å². The Hall–Kier alpha value is -1.90. The monoisotopic (exact) mass is 404 g/mol. The molecule has 154 valence electrons. The summed E-state index contributed by atoms with van der Waals surface area (Å²) in [5, 5.41) is 17.9. The average Bonchev–Trinajstić information content (AvgIpc) is 3.20. The second kappa shape index (κ2) is 8.63. The van der Waals surface area contributed by atoms with Gasteiger partial charge in [-0.25, -0.2) is 4.68 Å². The van der Waals surface area contributed by atoms with Crippen molar-refractivity contribution < 1.29 is 9.84 Å². The third-order valence-corrected chi connectivity index (χ3v) is 6.91. The molecule has 0 amide bonds. The molecule has 0 saturated heterocycles. The molecule has 1 fully saturated rings. The Labute approximate surface area is 167 Å². The Bertz CT molecular complexity index is 856. The highest BCUT2D eigenvalue weighted by atomic mass is 28.3. The first-order valence-corrected chi connectivity index (χ1v) is 13.7. The number of anilines is 2. The molecule has 8 heteroatoms. The first kappa shape index (κ1) is 20.8. The molecular weight excluding hydrogens is 372 g/mol. The van der Waals surface area contributed by atoms with Crippen molar-refractivity contribution in [2.75, 3.05) is 11.9 Å². The summed E-state index contributed by atoms with van der Waals surface area (Å²) in [7, 11) is 0.599. The number of aliphatic hydroxyl groups is 1. The highest BCUT2D eigenvalue weighted by molar-refractivity contribution is 6.76. The molecule has 0 bridgehead atoms. The maximum atomic E-state index is 11.6. The Kier molecular flexibility index (Phi) is 6.42. The fourth-order valence-electron chi connectivity index (χ4n) is 3.50. The van der Waals surface area contributed by atoms with E-state index in [4.69, 9.17) is 4.74 Å². The molecule has 1 aliphatic rings. The zero-order chi connectivity index (χ0) is 20.3. The van der Waals surface area contributed by atoms with E-state index in [0.29, 0.717) is 12.6 Å². The molecule has 1 aliphatic carbocycles. The van der Waals surface area contributed by atoms with Gasteiger partial charge in [0.15, 0.2) is 5.82 Å². The number of rotatable bonds is 8. The van der Waals surface area contributed by atoms with E-state index in [1.54, 1.807) is 19.3 Å². The van der Waals surface area contributed by atoms with E-state index in [9.17, 15) is 9.90 Å². The zero-order valence-electron chi connectivity index (χ0n) is 17.3. The van der Waals surface area contributed by atoms with Crippen LogP contribution in [0.3, 0.4) is 0 Å². The van der Waals surface area contributed by atoms with Crippen molar-refractivity contribution in [2.45, 2.75) is 63.7 Å². The summed E-state index contributed by atoms with van der Waals surface area (Å²) < 4.78 is 9.37. The van der Waals surface area contributed by atoms with E-state index in [-0.39, 0.29) is 11.7 Å². The number of aryl methyl sites for hydroxylation is 1. The van der Waals surface area contributed by atoms with Crippen LogP contribution >= 0.6 is 0 Å². The van der Waals surface area contributed by atoms with Gasteiger partial charge in [0.05, 0.1) is 11.8 Å². The third-order valence-electron chi connectivity index (χ3n) is 5.20. The average molecular weight is 405 g/mol. The van der Waals surface area contributed by atoms with Gasteiger partial charge in [0, 0.05) is 51.7 Å². The third kappa shape index (κ3) is 5.56. The molecule has 2 N–H and O–H groups in total. The van der Waals surface area contributed by atoms with Crippen LogP contribution in [0, 0.1) is 0 Å². The minimum Gasteiger partial charge on any atom is -0.393 e. The lowest BCUT2D eigenvalue weighted by Gasteiger charge is -2.17. The smallest absolute Gasteiger partial charge is 0.250 e. The highest BCUT2D eigenvalue weighted by Gasteiger charge is 2.27. The van der Waals surface area contributed by atoms with Crippen molar-refractivity contribution in [2.24, 2.45) is 7.05 Å². The molecule has 0 spiro atoms. The molecule has 28 heavy (non-hydrogen) atoms. The molecule has 3 rings (SSSR count). The van der Waals surface area contributed by atoms with Crippen molar-refractivity contribution in [3.63, 3.8) is 0 Å². The number of nitrogens with zero attached hydrogens (tertiary/aromatic N) is 3. The van der Waals surface area contributed by atoms with Gasteiger partial charge >= 0.3 is 0 Å². The molecule has 2 heterocycles. The molecule has 7 nitrogen and oxygen atoms in total. The van der Waals surface area contributed by atoms with Crippen molar-refractivity contribution in [3.8, 4) is 0 Å². The van der Waals surface area contributed by atoms with Crippen LogP contribution in [0.2, 0.25) is 25.7 Å². The molecule has 2 atom stereocenters. The largest absolute Gasteiger partial charge is 0.393 e. The summed E-state index contributed by atoms with van der Waals surface area (Å²) in [6.07, 6.45) is 4.07. The van der Waals surface area contributed by atoms with Crippen LogP contribution in [0.15, 0.2) is 29.2 Å². The standard InChI is InChI=1S/C20H32N4O3Si/c1-23-13-16(6-8-20(23)26)21-19-12-18(15-5-7-17(25)11-15)24(22-19)14-27-9-10-28(2,3)4/h6,8,12-13,15,17,25H,5,7,9-11,14H2,1-4H3,(H,21,22)/t15-,17+/m0/s1. The number of hydrogen-bond acceptors (Lipinski definition) is 5. The lowest BCUT2D eigenvalue weighted by molar-refractivity contribution is 0.0756. The van der Waals surface area contributed by atoms with Crippen LogP contribution in [0.4, 0.5) is 11.5 Å². The Morgan fingerprint density at radius 2 is 2.11 bits per heavy atom. The topological polar surface area (TPSA) is 81.3 Å². The van der Waals surface area contributed by atoms with Gasteiger partial charge < -0.3 is 19.7 Å². The molecular formula is C20H32N4O3Si. The van der Waals surface area contributed by atoms with Gasteiger partial charge in [0.2, 0.25) is 5.56 Å². The quantitative estimate of drug-likeness (QED) is 0.521. The summed E-state index contributed by atoms with van der Waals surface area (Å²) in [4.78, 5) is 11.6. The molecule has 2 aromatic rings. The van der Waals surface area contributed by atoms with Gasteiger partial charge in [0.25, 0.3) is 0 Å². The van der Waals surface area contributed by atoms with Crippen molar-refractivity contribution in [1.29, 1.82) is 0 Å². The molecule has 0 radical (unpaired) electrons. The van der Waals surface area contributed by atoms with E-state index in [2.05, 4.69) is 30.1 Å². The maximum absolute atomic E-state index is 11.6. The number of nitrogens with one attached hydrogen (secondary N) is 1. The second-order valence-corrected chi connectivity index (χ2v) is 14.6. The van der Waals surface area contributed by atoms with Gasteiger partial charge in [-0.2, -0.15) is 5.10 Å². The summed E-state index contributed by atoms with van der Waals surface area (Å²) >= 11 is 0. The normalized spacial score (nSPS) is 19.9. The lowest BCUT2D eigenvalue weighted by Crippen LogP contribution is -2.22. The fraction of sp³-hybridized carbons (Fsp3) is 0.600. The number of hydrogen-bond donors (Lipinski definition) is 2. The second-order valence-electron chi connectivity index (χ2n) is 8.96. The zero-order valence-corrected chi connectivity index (χ0v) is 18.3. The van der Waals surface area contributed by atoms with Crippen LogP contribution in [0.25, 0.3) is 0 Å². The van der Waals surface area contributed by atoms with Crippen LogP contribution in [0.1, 0.15) is 30.9 Å². The fourth-order valence-corrected chi connectivity index (χ4v) is 4.25. The van der Waals surface area contributed by atoms with Crippen molar-refractivity contribution >= 4 is 19.6 Å². The molecule has 2 aromatic heterocycles. The van der Waals surface area contributed by atoms with Crippen molar-refractivity contribution in [1.82, 2.24) is 14.3 Å². The van der Waals surface area contributed by atoms with Gasteiger partial charge in [0.1, 0.15) is 6.73 Å². The van der Waals surface area contributed by atoms with Gasteiger partial charge in [-0.15, -0.1) is 0 Å². The van der Waals surface area contributed by atoms with E-state index >= 15 is 0 Å². The maximum Gasteiger partial charge on any atom is 0.250 e. The summed E-state index contributed by atoms with van der Waals surface area (Å²) in [5.74, 6) is 1.02. The SMILES string of the molecule is Cn1cc(Nc2cc([C@H]3CC[C@@H](O)C3)n(COCC[Si](C)(C)C)n2)ccc1=O. The minimum atomic E-state index is -1.13. The predicted molar refractivity (Wildman–Crippen MR) is 114 cm³/mol. The van der Waals surface area contributed by atoms with Gasteiger partial charge in [-0.05, 0) is 31.4 Å². The Balaban J connectivity index is 1.74. The predicted octanol–water partition coefficient (Wildman–Crippen LogP) is 3.27. The molecule has 0 aromatic carbocycles. The van der Waals surface area contributed by atoms with E-state index in [0.717, 1.165) is 49.1 Å². The molecule has 0 unspecified atom stereocenters. The number of pyridine rings is 1. The van der Waals surface area contributed by atoms with Crippen LogP contribution in [-0.2, 0) is 18.5 Å². The summed E-state index contributed by atoms with van der Waals surface area (Å²) in [6.45, 7) is 8.17. The summed E-state index contributed by atoms with van der Waals surface area (Å²) in [6, 6.07) is 6.45. The highest BCUT2D eigenvalue weighted by Crippen LogP contribution is 2.35. The number of aromatic nitrogens is 3. The van der Waals surface area contributed by atoms with Gasteiger partial charge in [-0.1, -0.05) is 19.6 Å². The van der Waals surface area contributed by atoms with Gasteiger partial charge in [-0.3, -0.25) is 4.79 Å².